The molecule has 4 nitrogen and oxygen atoms in total. The molecule has 100 valence electrons. The predicted molar refractivity (Wildman–Crippen MR) is 74.9 cm³/mol. The Balaban J connectivity index is 1.85. The summed E-state index contributed by atoms with van der Waals surface area (Å²) in [6, 6.07) is 5.08. The first-order valence-electron chi connectivity index (χ1n) is 7.41. The van der Waals surface area contributed by atoms with Crippen molar-refractivity contribution in [1.82, 2.24) is 19.9 Å². The largest absolute Gasteiger partial charge is 0.308 e. The molecule has 2 atom stereocenters. The maximum atomic E-state index is 4.89. The summed E-state index contributed by atoms with van der Waals surface area (Å²) < 4.78 is 2.40. The van der Waals surface area contributed by atoms with E-state index in [9.17, 15) is 0 Å². The molecule has 4 heteroatoms. The van der Waals surface area contributed by atoms with Crippen LogP contribution in [0.3, 0.4) is 0 Å². The number of piperidine rings is 1. The molecule has 19 heavy (non-hydrogen) atoms. The lowest BCUT2D eigenvalue weighted by Gasteiger charge is -2.30. The number of fused-ring (bicyclic) bond motifs is 1. The van der Waals surface area contributed by atoms with E-state index >= 15 is 0 Å². The van der Waals surface area contributed by atoms with Crippen LogP contribution in [0.4, 0.5) is 0 Å². The average Bonchev–Trinajstić information content (AvgIpc) is 3.19. The summed E-state index contributed by atoms with van der Waals surface area (Å²) >= 11 is 0. The fourth-order valence-electron chi connectivity index (χ4n) is 3.25. The van der Waals surface area contributed by atoms with Gasteiger partial charge in [0.15, 0.2) is 5.65 Å². The van der Waals surface area contributed by atoms with E-state index < -0.39 is 0 Å². The first-order chi connectivity index (χ1) is 9.34. The summed E-state index contributed by atoms with van der Waals surface area (Å²) in [6.07, 6.45) is 7.00. The maximum Gasteiger partial charge on any atom is 0.160 e. The first-order valence-corrected chi connectivity index (χ1v) is 7.41. The van der Waals surface area contributed by atoms with Gasteiger partial charge in [0.1, 0.15) is 11.3 Å². The van der Waals surface area contributed by atoms with Crippen molar-refractivity contribution in [3.8, 4) is 0 Å². The Bertz CT molecular complexity index is 599. The van der Waals surface area contributed by atoms with Gasteiger partial charge in [-0.05, 0) is 50.3 Å². The first kappa shape index (κ1) is 11.4. The maximum absolute atomic E-state index is 4.89. The molecule has 1 aliphatic heterocycles. The molecular weight excluding hydrogens is 236 g/mol. The minimum Gasteiger partial charge on any atom is -0.308 e. The molecule has 1 N–H and O–H groups in total. The zero-order valence-corrected chi connectivity index (χ0v) is 11.3. The van der Waals surface area contributed by atoms with Crippen molar-refractivity contribution in [2.45, 2.75) is 44.7 Å². The third kappa shape index (κ3) is 1.86. The van der Waals surface area contributed by atoms with Crippen LogP contribution >= 0.6 is 0 Å². The van der Waals surface area contributed by atoms with Crippen LogP contribution < -0.4 is 5.32 Å². The predicted octanol–water partition coefficient (Wildman–Crippen LogP) is 2.83. The molecule has 2 aliphatic rings. The van der Waals surface area contributed by atoms with Crippen molar-refractivity contribution < 1.29 is 0 Å². The van der Waals surface area contributed by atoms with Crippen molar-refractivity contribution in [3.63, 3.8) is 0 Å². The highest BCUT2D eigenvalue weighted by Crippen LogP contribution is 2.41. The molecular formula is C15H20N4. The molecule has 0 bridgehead atoms. The van der Waals surface area contributed by atoms with E-state index in [0.29, 0.717) is 18.0 Å². The van der Waals surface area contributed by atoms with Gasteiger partial charge in [-0.2, -0.15) is 0 Å². The van der Waals surface area contributed by atoms with Gasteiger partial charge in [0, 0.05) is 12.2 Å². The number of nitrogens with zero attached hydrogens (tertiary/aromatic N) is 3. The number of rotatable bonds is 2. The summed E-state index contributed by atoms with van der Waals surface area (Å²) in [7, 11) is 0. The van der Waals surface area contributed by atoms with Crippen LogP contribution in [-0.2, 0) is 0 Å². The number of hydrogen-bond donors (Lipinski definition) is 1. The molecule has 0 spiro atoms. The van der Waals surface area contributed by atoms with Gasteiger partial charge >= 0.3 is 0 Å². The van der Waals surface area contributed by atoms with E-state index in [1.54, 1.807) is 0 Å². The monoisotopic (exact) mass is 256 g/mol. The highest BCUT2D eigenvalue weighted by atomic mass is 15.2. The Kier molecular flexibility index (Phi) is 2.58. The van der Waals surface area contributed by atoms with Gasteiger partial charge in [-0.15, -0.1) is 0 Å². The second-order valence-corrected chi connectivity index (χ2v) is 5.97. The van der Waals surface area contributed by atoms with Crippen molar-refractivity contribution in [2.75, 3.05) is 6.54 Å². The normalized spacial score (nSPS) is 27.8. The van der Waals surface area contributed by atoms with Crippen LogP contribution in [0.15, 0.2) is 18.3 Å². The lowest BCUT2D eigenvalue weighted by Crippen LogP contribution is -2.34. The summed E-state index contributed by atoms with van der Waals surface area (Å²) in [4.78, 5) is 9.44. The van der Waals surface area contributed by atoms with Crippen LogP contribution in [0.25, 0.3) is 11.2 Å². The van der Waals surface area contributed by atoms with Crippen LogP contribution in [0, 0.1) is 5.92 Å². The van der Waals surface area contributed by atoms with Gasteiger partial charge < -0.3 is 9.88 Å². The van der Waals surface area contributed by atoms with Crippen molar-refractivity contribution in [3.05, 3.63) is 24.2 Å². The summed E-state index contributed by atoms with van der Waals surface area (Å²) in [5.41, 5.74) is 2.11. The highest BCUT2D eigenvalue weighted by Gasteiger charge is 2.34. The number of hydrogen-bond acceptors (Lipinski definition) is 3. The second-order valence-electron chi connectivity index (χ2n) is 5.97. The molecule has 2 aromatic rings. The summed E-state index contributed by atoms with van der Waals surface area (Å²) in [5, 5.41) is 3.66. The molecule has 0 aromatic carbocycles. The molecule has 4 rings (SSSR count). The summed E-state index contributed by atoms with van der Waals surface area (Å²) in [5.74, 6) is 1.87. The minimum absolute atomic E-state index is 0.392. The molecule has 2 fully saturated rings. The Hall–Kier alpha value is -1.42. The quantitative estimate of drug-likeness (QED) is 0.898. The molecule has 1 saturated heterocycles. The van der Waals surface area contributed by atoms with E-state index in [1.165, 1.54) is 31.5 Å². The Morgan fingerprint density at radius 1 is 1.32 bits per heavy atom. The molecule has 1 saturated carbocycles. The zero-order chi connectivity index (χ0) is 12.8. The van der Waals surface area contributed by atoms with E-state index in [0.717, 1.165) is 17.7 Å². The third-order valence-electron chi connectivity index (χ3n) is 4.44. The minimum atomic E-state index is 0.392. The van der Waals surface area contributed by atoms with Gasteiger partial charge in [-0.1, -0.05) is 6.92 Å². The van der Waals surface area contributed by atoms with E-state index in [2.05, 4.69) is 27.9 Å². The van der Waals surface area contributed by atoms with Crippen molar-refractivity contribution in [1.29, 1.82) is 0 Å². The average molecular weight is 256 g/mol. The Labute approximate surface area is 113 Å². The molecule has 0 amide bonds. The van der Waals surface area contributed by atoms with Gasteiger partial charge in [0.2, 0.25) is 0 Å². The van der Waals surface area contributed by atoms with Crippen LogP contribution in [0.5, 0.6) is 0 Å². The number of aromatic nitrogens is 3. The second kappa shape index (κ2) is 4.30. The van der Waals surface area contributed by atoms with Crippen LogP contribution in [-0.4, -0.2) is 21.1 Å². The number of pyridine rings is 1. The van der Waals surface area contributed by atoms with Gasteiger partial charge in [0.25, 0.3) is 0 Å². The number of nitrogens with one attached hydrogen (secondary N) is 1. The van der Waals surface area contributed by atoms with E-state index in [-0.39, 0.29) is 0 Å². The van der Waals surface area contributed by atoms with Gasteiger partial charge in [-0.25, -0.2) is 9.97 Å². The Morgan fingerprint density at radius 2 is 2.21 bits per heavy atom. The molecule has 3 heterocycles. The van der Waals surface area contributed by atoms with Crippen LogP contribution in [0.2, 0.25) is 0 Å². The molecule has 0 radical (unpaired) electrons. The standard InChI is InChI=1S/C15H20N4/c1-10-4-2-8-16-13(10)15-18-12-5-3-9-17-14(12)19(15)11-6-7-11/h3,5,9-11,13,16H,2,4,6-8H2,1H3. The SMILES string of the molecule is CC1CCCNC1c1nc2cccnc2n1C1CC1. The van der Waals surface area contributed by atoms with Gasteiger partial charge in [-0.3, -0.25) is 0 Å². The van der Waals surface area contributed by atoms with E-state index in [4.69, 9.17) is 4.98 Å². The van der Waals surface area contributed by atoms with Crippen molar-refractivity contribution in [2.24, 2.45) is 5.92 Å². The van der Waals surface area contributed by atoms with Crippen LogP contribution in [0.1, 0.15) is 50.5 Å². The topological polar surface area (TPSA) is 42.7 Å². The molecule has 2 unspecified atom stereocenters. The zero-order valence-electron chi connectivity index (χ0n) is 11.3. The lowest BCUT2D eigenvalue weighted by atomic mass is 9.92. The van der Waals surface area contributed by atoms with E-state index in [1.807, 2.05) is 12.3 Å². The molecule has 2 aromatic heterocycles. The highest BCUT2D eigenvalue weighted by molar-refractivity contribution is 5.71. The van der Waals surface area contributed by atoms with Gasteiger partial charge in [0.05, 0.1) is 6.04 Å². The summed E-state index contributed by atoms with van der Waals surface area (Å²) in [6.45, 7) is 3.44. The smallest absolute Gasteiger partial charge is 0.160 e. The lowest BCUT2D eigenvalue weighted by molar-refractivity contribution is 0.289. The fourth-order valence-corrected chi connectivity index (χ4v) is 3.25. The fraction of sp³-hybridized carbons (Fsp3) is 0.600. The van der Waals surface area contributed by atoms with Crippen molar-refractivity contribution >= 4 is 11.2 Å². The third-order valence-corrected chi connectivity index (χ3v) is 4.44. The Morgan fingerprint density at radius 3 is 3.00 bits per heavy atom. The number of imidazole rings is 1. The molecule has 1 aliphatic carbocycles.